The number of halogens is 1. The van der Waals surface area contributed by atoms with Crippen molar-refractivity contribution in [2.75, 3.05) is 5.32 Å². The van der Waals surface area contributed by atoms with Gasteiger partial charge in [0.05, 0.1) is 17.4 Å². The molecule has 1 aromatic heterocycles. The smallest absolute Gasteiger partial charge is 0.253 e. The molecule has 0 aliphatic carbocycles. The van der Waals surface area contributed by atoms with Crippen LogP contribution in [0.1, 0.15) is 36.2 Å². The molecule has 2 N–H and O–H groups in total. The van der Waals surface area contributed by atoms with Crippen molar-refractivity contribution in [1.29, 1.82) is 0 Å². The van der Waals surface area contributed by atoms with E-state index in [1.165, 1.54) is 0 Å². The maximum atomic E-state index is 12.1. The third kappa shape index (κ3) is 4.31. The van der Waals surface area contributed by atoms with Gasteiger partial charge >= 0.3 is 0 Å². The zero-order valence-corrected chi connectivity index (χ0v) is 14.6. The Labute approximate surface area is 139 Å². The highest BCUT2D eigenvalue weighted by atomic mass is 79.9. The molecule has 2 aromatic rings. The highest BCUT2D eigenvalue weighted by molar-refractivity contribution is 9.10. The van der Waals surface area contributed by atoms with Crippen molar-refractivity contribution in [3.05, 3.63) is 52.3 Å². The number of carbonyl (C=O) groups is 1. The molecule has 2 rings (SSSR count). The second-order valence-electron chi connectivity index (χ2n) is 5.33. The van der Waals surface area contributed by atoms with E-state index >= 15 is 0 Å². The Hall–Kier alpha value is -1.88. The molecular weight excluding hydrogens is 342 g/mol. The van der Waals surface area contributed by atoms with Gasteiger partial charge in [0, 0.05) is 22.4 Å². The monoisotopic (exact) mass is 361 g/mol. The first-order valence-electron chi connectivity index (χ1n) is 7.28. The maximum Gasteiger partial charge on any atom is 0.253 e. The van der Waals surface area contributed by atoms with Crippen LogP contribution >= 0.6 is 15.9 Å². The Morgan fingerprint density at radius 1 is 1.27 bits per heavy atom. The van der Waals surface area contributed by atoms with E-state index in [0.717, 1.165) is 27.8 Å². The van der Waals surface area contributed by atoms with Crippen molar-refractivity contribution < 1.29 is 4.79 Å². The van der Waals surface area contributed by atoms with E-state index in [2.05, 4.69) is 31.5 Å². The van der Waals surface area contributed by atoms with Crippen LogP contribution < -0.4 is 10.6 Å². The van der Waals surface area contributed by atoms with Crippen molar-refractivity contribution in [3.63, 3.8) is 0 Å². The number of carbonyl (C=O) groups excluding carboxylic acids is 1. The Kier molecular flexibility index (Phi) is 5.55. The Morgan fingerprint density at radius 2 is 2.05 bits per heavy atom. The number of hydrogen-bond acceptors (Lipinski definition) is 3. The number of benzene rings is 1. The van der Waals surface area contributed by atoms with Crippen LogP contribution in [0.15, 0.2) is 41.1 Å². The van der Waals surface area contributed by atoms with Crippen LogP contribution in [0, 0.1) is 6.92 Å². The molecule has 1 amide bonds. The fraction of sp³-hybridized carbons (Fsp3) is 0.294. The predicted octanol–water partition coefficient (Wildman–Crippen LogP) is 4.42. The van der Waals surface area contributed by atoms with E-state index in [9.17, 15) is 4.79 Å². The van der Waals surface area contributed by atoms with Gasteiger partial charge in [-0.15, -0.1) is 0 Å². The molecule has 1 unspecified atom stereocenters. The lowest BCUT2D eigenvalue weighted by molar-refractivity contribution is 0.0939. The molecule has 0 bridgehead atoms. The topological polar surface area (TPSA) is 54.0 Å². The molecule has 116 valence electrons. The Morgan fingerprint density at radius 3 is 2.73 bits per heavy atom. The number of anilines is 2. The van der Waals surface area contributed by atoms with Crippen molar-refractivity contribution in [1.82, 2.24) is 10.3 Å². The lowest BCUT2D eigenvalue weighted by atomic mass is 10.2. The summed E-state index contributed by atoms with van der Waals surface area (Å²) < 4.78 is 1.07. The first-order chi connectivity index (χ1) is 10.5. The quantitative estimate of drug-likeness (QED) is 0.828. The molecule has 0 aliphatic rings. The molecule has 0 saturated heterocycles. The molecule has 0 aliphatic heterocycles. The average Bonchev–Trinajstić information content (AvgIpc) is 2.51. The number of nitrogens with zero attached hydrogens (tertiary/aromatic N) is 1. The summed E-state index contributed by atoms with van der Waals surface area (Å²) in [5.41, 5.74) is 3.45. The number of rotatable bonds is 5. The molecule has 0 spiro atoms. The van der Waals surface area contributed by atoms with Crippen molar-refractivity contribution in [2.24, 2.45) is 0 Å². The molecule has 4 nitrogen and oxygen atoms in total. The van der Waals surface area contributed by atoms with Crippen LogP contribution in [0.4, 0.5) is 11.4 Å². The lowest BCUT2D eigenvalue weighted by Crippen LogP contribution is -2.31. The number of aryl methyl sites for hydroxylation is 1. The summed E-state index contributed by atoms with van der Waals surface area (Å²) in [7, 11) is 0. The van der Waals surface area contributed by atoms with Gasteiger partial charge in [-0.3, -0.25) is 9.78 Å². The molecule has 1 aromatic carbocycles. The fourth-order valence-corrected chi connectivity index (χ4v) is 2.18. The van der Waals surface area contributed by atoms with Crippen molar-refractivity contribution >= 4 is 33.2 Å². The number of pyridine rings is 1. The zero-order valence-electron chi connectivity index (χ0n) is 13.0. The van der Waals surface area contributed by atoms with E-state index in [1.807, 2.05) is 45.0 Å². The fourth-order valence-electron chi connectivity index (χ4n) is 1.93. The second kappa shape index (κ2) is 7.40. The molecule has 0 saturated carbocycles. The molecule has 0 fully saturated rings. The normalized spacial score (nSPS) is 11.8. The van der Waals surface area contributed by atoms with Crippen LogP contribution in [0.25, 0.3) is 0 Å². The minimum atomic E-state index is -0.0995. The van der Waals surface area contributed by atoms with Gasteiger partial charge in [-0.1, -0.05) is 22.9 Å². The summed E-state index contributed by atoms with van der Waals surface area (Å²) in [5.74, 6) is -0.0995. The van der Waals surface area contributed by atoms with Gasteiger partial charge < -0.3 is 10.6 Å². The molecule has 0 radical (unpaired) electrons. The highest BCUT2D eigenvalue weighted by Gasteiger charge is 2.09. The van der Waals surface area contributed by atoms with Crippen LogP contribution in [-0.4, -0.2) is 16.9 Å². The average molecular weight is 362 g/mol. The Bertz CT molecular complexity index is 673. The van der Waals surface area contributed by atoms with E-state index in [0.29, 0.717) is 5.56 Å². The van der Waals surface area contributed by atoms with E-state index < -0.39 is 0 Å². The van der Waals surface area contributed by atoms with Gasteiger partial charge in [-0.25, -0.2) is 0 Å². The summed E-state index contributed by atoms with van der Waals surface area (Å²) in [6, 6.07) is 7.96. The number of aromatic nitrogens is 1. The predicted molar refractivity (Wildman–Crippen MR) is 93.6 cm³/mol. The lowest BCUT2D eigenvalue weighted by Gasteiger charge is -2.12. The van der Waals surface area contributed by atoms with Crippen molar-refractivity contribution in [2.45, 2.75) is 33.2 Å². The summed E-state index contributed by atoms with van der Waals surface area (Å²) in [4.78, 5) is 16.3. The molecule has 1 heterocycles. The third-order valence-electron chi connectivity index (χ3n) is 3.44. The Balaban J connectivity index is 2.14. The summed E-state index contributed by atoms with van der Waals surface area (Å²) in [6.07, 6.45) is 4.18. The standard InChI is InChI=1S/C17H20BrN3O/c1-4-12(3)20-17(22)13-8-15(10-19-9-13)21-14-5-6-16(18)11(2)7-14/h5-10,12,21H,4H2,1-3H3,(H,20,22). The van der Waals surface area contributed by atoms with Crippen LogP contribution in [0.2, 0.25) is 0 Å². The van der Waals surface area contributed by atoms with Crippen LogP contribution in [-0.2, 0) is 0 Å². The largest absolute Gasteiger partial charge is 0.354 e. The molecule has 5 heteroatoms. The minimum absolute atomic E-state index is 0.0995. The van der Waals surface area contributed by atoms with E-state index in [1.54, 1.807) is 12.4 Å². The van der Waals surface area contributed by atoms with Crippen LogP contribution in [0.3, 0.4) is 0 Å². The summed E-state index contributed by atoms with van der Waals surface area (Å²) in [6.45, 7) is 6.05. The summed E-state index contributed by atoms with van der Waals surface area (Å²) in [5, 5.41) is 6.21. The van der Waals surface area contributed by atoms with Gasteiger partial charge in [0.2, 0.25) is 0 Å². The van der Waals surface area contributed by atoms with E-state index in [-0.39, 0.29) is 11.9 Å². The maximum absolute atomic E-state index is 12.1. The van der Waals surface area contributed by atoms with Crippen molar-refractivity contribution in [3.8, 4) is 0 Å². The first-order valence-corrected chi connectivity index (χ1v) is 8.08. The second-order valence-corrected chi connectivity index (χ2v) is 6.19. The van der Waals surface area contributed by atoms with Gasteiger partial charge in [0.25, 0.3) is 5.91 Å². The third-order valence-corrected chi connectivity index (χ3v) is 4.33. The highest BCUT2D eigenvalue weighted by Crippen LogP contribution is 2.23. The van der Waals surface area contributed by atoms with Crippen LogP contribution in [0.5, 0.6) is 0 Å². The number of nitrogens with one attached hydrogen (secondary N) is 2. The van der Waals surface area contributed by atoms with Gasteiger partial charge in [-0.05, 0) is 50.1 Å². The summed E-state index contributed by atoms with van der Waals surface area (Å²) >= 11 is 3.48. The van der Waals surface area contributed by atoms with E-state index in [4.69, 9.17) is 0 Å². The molecule has 22 heavy (non-hydrogen) atoms. The van der Waals surface area contributed by atoms with Gasteiger partial charge in [0.1, 0.15) is 0 Å². The first kappa shape index (κ1) is 16.5. The molecule has 1 atom stereocenters. The SMILES string of the molecule is CCC(C)NC(=O)c1cncc(Nc2ccc(Br)c(C)c2)c1. The zero-order chi connectivity index (χ0) is 16.1. The number of amides is 1. The minimum Gasteiger partial charge on any atom is -0.354 e. The van der Waals surface area contributed by atoms with Gasteiger partial charge in [-0.2, -0.15) is 0 Å². The molecular formula is C17H20BrN3O. The number of hydrogen-bond donors (Lipinski definition) is 2. The van der Waals surface area contributed by atoms with Gasteiger partial charge in [0.15, 0.2) is 0 Å².